The van der Waals surface area contributed by atoms with E-state index in [1.165, 1.54) is 9.71 Å². The van der Waals surface area contributed by atoms with Gasteiger partial charge in [-0.15, -0.1) is 0 Å². The minimum absolute atomic E-state index is 0.0509. The summed E-state index contributed by atoms with van der Waals surface area (Å²) in [7, 11) is -3.54. The van der Waals surface area contributed by atoms with Gasteiger partial charge in [0.1, 0.15) is 11.5 Å². The highest BCUT2D eigenvalue weighted by Gasteiger charge is 2.28. The van der Waals surface area contributed by atoms with Crippen molar-refractivity contribution in [2.24, 2.45) is 0 Å². The van der Waals surface area contributed by atoms with Crippen LogP contribution < -0.4 is 0 Å². The lowest BCUT2D eigenvalue weighted by Crippen LogP contribution is -2.52. The van der Waals surface area contributed by atoms with E-state index in [0.717, 1.165) is 17.1 Å². The van der Waals surface area contributed by atoms with Crippen LogP contribution in [0.5, 0.6) is 0 Å². The number of hydrogen-bond acceptors (Lipinski definition) is 6. The van der Waals surface area contributed by atoms with Gasteiger partial charge in [-0.3, -0.25) is 9.69 Å². The fourth-order valence-electron chi connectivity index (χ4n) is 3.71. The van der Waals surface area contributed by atoms with Gasteiger partial charge < -0.3 is 13.7 Å². The first kappa shape index (κ1) is 23.0. The fourth-order valence-corrected chi connectivity index (χ4v) is 4.89. The molecular formula is C24H27N3O5S. The maximum Gasteiger partial charge on any atom is 0.236 e. The van der Waals surface area contributed by atoms with E-state index in [9.17, 15) is 13.2 Å². The third kappa shape index (κ3) is 6.44. The number of piperazine rings is 1. The molecule has 1 saturated heterocycles. The molecule has 0 bridgehead atoms. The molecule has 9 heteroatoms. The molecule has 1 aliphatic rings. The van der Waals surface area contributed by atoms with E-state index in [2.05, 4.69) is 0 Å². The highest BCUT2D eigenvalue weighted by Crippen LogP contribution is 2.14. The van der Waals surface area contributed by atoms with Gasteiger partial charge in [-0.1, -0.05) is 30.3 Å². The van der Waals surface area contributed by atoms with E-state index in [4.69, 9.17) is 8.83 Å². The Morgan fingerprint density at radius 3 is 2.03 bits per heavy atom. The van der Waals surface area contributed by atoms with Gasteiger partial charge in [-0.2, -0.15) is 4.31 Å². The normalized spacial score (nSPS) is 15.5. The molecule has 2 aromatic heterocycles. The summed E-state index contributed by atoms with van der Waals surface area (Å²) in [6.07, 6.45) is 4.80. The van der Waals surface area contributed by atoms with Gasteiger partial charge in [0.2, 0.25) is 15.9 Å². The number of amides is 1. The molecule has 0 atom stereocenters. The molecule has 1 fully saturated rings. The molecule has 0 N–H and O–H groups in total. The Kier molecular flexibility index (Phi) is 7.43. The van der Waals surface area contributed by atoms with E-state index >= 15 is 0 Å². The van der Waals surface area contributed by atoms with Crippen molar-refractivity contribution in [3.05, 3.63) is 89.6 Å². The van der Waals surface area contributed by atoms with Crippen LogP contribution in [0.15, 0.2) is 81.4 Å². The van der Waals surface area contributed by atoms with Gasteiger partial charge in [-0.25, -0.2) is 8.42 Å². The lowest BCUT2D eigenvalue weighted by molar-refractivity contribution is -0.134. The highest BCUT2D eigenvalue weighted by molar-refractivity contribution is 7.92. The van der Waals surface area contributed by atoms with Crippen LogP contribution >= 0.6 is 0 Å². The number of carbonyl (C=O) groups excluding carboxylic acids is 1. The Morgan fingerprint density at radius 1 is 0.879 bits per heavy atom. The van der Waals surface area contributed by atoms with E-state index < -0.39 is 10.0 Å². The Hall–Kier alpha value is -3.14. The third-order valence-corrected chi connectivity index (χ3v) is 7.03. The monoisotopic (exact) mass is 469 g/mol. The lowest BCUT2D eigenvalue weighted by Gasteiger charge is -2.34. The molecule has 33 heavy (non-hydrogen) atoms. The van der Waals surface area contributed by atoms with Crippen molar-refractivity contribution >= 4 is 22.0 Å². The number of furan rings is 2. The van der Waals surface area contributed by atoms with Gasteiger partial charge >= 0.3 is 0 Å². The largest absolute Gasteiger partial charge is 0.468 e. The maximum atomic E-state index is 13.0. The summed E-state index contributed by atoms with van der Waals surface area (Å²) < 4.78 is 37.6. The predicted octanol–water partition coefficient (Wildman–Crippen LogP) is 3.02. The van der Waals surface area contributed by atoms with Gasteiger partial charge in [0.05, 0.1) is 32.2 Å². The highest BCUT2D eigenvalue weighted by atomic mass is 32.2. The second-order valence-electron chi connectivity index (χ2n) is 7.84. The minimum Gasteiger partial charge on any atom is -0.468 e. The van der Waals surface area contributed by atoms with Crippen molar-refractivity contribution < 1.29 is 22.0 Å². The van der Waals surface area contributed by atoms with Crippen LogP contribution in [-0.4, -0.2) is 61.2 Å². The fraction of sp³-hybridized carbons (Fsp3) is 0.292. The van der Waals surface area contributed by atoms with Crippen molar-refractivity contribution in [2.75, 3.05) is 32.7 Å². The third-order valence-electron chi connectivity index (χ3n) is 5.46. The lowest BCUT2D eigenvalue weighted by atomic mass is 10.2. The Morgan fingerprint density at radius 2 is 1.48 bits per heavy atom. The smallest absolute Gasteiger partial charge is 0.236 e. The Labute approximate surface area is 193 Å². The molecule has 0 aliphatic carbocycles. The van der Waals surface area contributed by atoms with E-state index in [1.807, 2.05) is 59.5 Å². The van der Waals surface area contributed by atoms with Crippen molar-refractivity contribution in [3.8, 4) is 0 Å². The van der Waals surface area contributed by atoms with Gasteiger partial charge in [0.15, 0.2) is 0 Å². The molecule has 1 aliphatic heterocycles. The first-order chi connectivity index (χ1) is 16.0. The zero-order valence-corrected chi connectivity index (χ0v) is 19.1. The average molecular weight is 470 g/mol. The number of rotatable bonds is 9. The first-order valence-corrected chi connectivity index (χ1v) is 12.3. The summed E-state index contributed by atoms with van der Waals surface area (Å²) in [5.74, 6) is 1.47. The molecular weight excluding hydrogens is 442 g/mol. The predicted molar refractivity (Wildman–Crippen MR) is 124 cm³/mol. The number of hydrogen-bond donors (Lipinski definition) is 0. The summed E-state index contributed by atoms with van der Waals surface area (Å²) in [6, 6.07) is 16.7. The molecule has 0 radical (unpaired) electrons. The molecule has 0 saturated carbocycles. The molecule has 0 unspecified atom stereocenters. The quantitative estimate of drug-likeness (QED) is 0.479. The molecule has 4 rings (SSSR count). The van der Waals surface area contributed by atoms with E-state index in [0.29, 0.717) is 26.2 Å². The number of carbonyl (C=O) groups is 1. The SMILES string of the molecule is O=C(CN(Cc1ccco1)Cc1ccco1)N1CCN(S(=O)(=O)C=Cc2ccccc2)CC1. The summed E-state index contributed by atoms with van der Waals surface area (Å²) in [5, 5.41) is 1.23. The zero-order chi connectivity index (χ0) is 23.1. The van der Waals surface area contributed by atoms with Crippen LogP contribution in [-0.2, 0) is 27.9 Å². The summed E-state index contributed by atoms with van der Waals surface area (Å²) in [4.78, 5) is 16.6. The summed E-state index contributed by atoms with van der Waals surface area (Å²) >= 11 is 0. The topological polar surface area (TPSA) is 87.2 Å². The number of sulfonamides is 1. The van der Waals surface area contributed by atoms with Crippen molar-refractivity contribution in [2.45, 2.75) is 13.1 Å². The second-order valence-corrected chi connectivity index (χ2v) is 9.66. The summed E-state index contributed by atoms with van der Waals surface area (Å²) in [6.45, 7) is 2.37. The zero-order valence-electron chi connectivity index (χ0n) is 18.2. The van der Waals surface area contributed by atoms with Crippen LogP contribution in [0, 0.1) is 0 Å². The van der Waals surface area contributed by atoms with Crippen LogP contribution in [0.25, 0.3) is 6.08 Å². The van der Waals surface area contributed by atoms with Gasteiger partial charge in [-0.05, 0) is 35.9 Å². The Bertz CT molecular complexity index is 1100. The standard InChI is InChI=1S/C24H27N3O5S/c28-24(20-25(18-22-8-4-15-31-22)19-23-9-5-16-32-23)26-11-13-27(14-12-26)33(29,30)17-10-21-6-2-1-3-7-21/h1-10,15-17H,11-14,18-20H2. The second kappa shape index (κ2) is 10.7. The van der Waals surface area contributed by atoms with Crippen molar-refractivity contribution in [3.63, 3.8) is 0 Å². The minimum atomic E-state index is -3.54. The van der Waals surface area contributed by atoms with E-state index in [-0.39, 0.29) is 25.5 Å². The van der Waals surface area contributed by atoms with Crippen LogP contribution in [0.1, 0.15) is 17.1 Å². The van der Waals surface area contributed by atoms with Crippen molar-refractivity contribution in [1.29, 1.82) is 0 Å². The van der Waals surface area contributed by atoms with Crippen LogP contribution in [0.3, 0.4) is 0 Å². The van der Waals surface area contributed by atoms with Gasteiger partial charge in [0, 0.05) is 31.6 Å². The van der Waals surface area contributed by atoms with Crippen LogP contribution in [0.2, 0.25) is 0 Å². The molecule has 8 nitrogen and oxygen atoms in total. The molecule has 1 aromatic carbocycles. The molecule has 1 amide bonds. The number of benzene rings is 1. The molecule has 3 aromatic rings. The molecule has 3 heterocycles. The summed E-state index contributed by atoms with van der Waals surface area (Å²) in [5.41, 5.74) is 0.822. The average Bonchev–Trinajstić information content (AvgIpc) is 3.53. The molecule has 174 valence electrons. The van der Waals surface area contributed by atoms with Gasteiger partial charge in [0.25, 0.3) is 0 Å². The van der Waals surface area contributed by atoms with Crippen molar-refractivity contribution in [1.82, 2.24) is 14.1 Å². The maximum absolute atomic E-state index is 13.0. The Balaban J connectivity index is 1.33. The van der Waals surface area contributed by atoms with Crippen LogP contribution in [0.4, 0.5) is 0 Å². The van der Waals surface area contributed by atoms with E-state index in [1.54, 1.807) is 23.5 Å². The molecule has 0 spiro atoms. The first-order valence-electron chi connectivity index (χ1n) is 10.8. The number of nitrogens with zero attached hydrogens (tertiary/aromatic N) is 3.